The van der Waals surface area contributed by atoms with Crippen LogP contribution < -0.4 is 0 Å². The number of carbonyl (C=O) groups excluding carboxylic acids is 1. The zero-order valence-corrected chi connectivity index (χ0v) is 11.8. The summed E-state index contributed by atoms with van der Waals surface area (Å²) in [6, 6.07) is 3.92. The van der Waals surface area contributed by atoms with Crippen molar-refractivity contribution in [1.82, 2.24) is 4.90 Å². The van der Waals surface area contributed by atoms with Crippen molar-refractivity contribution in [1.29, 1.82) is 0 Å². The Morgan fingerprint density at radius 3 is 2.60 bits per heavy atom. The first-order valence-corrected chi connectivity index (χ1v) is 6.72. The van der Waals surface area contributed by atoms with Crippen LogP contribution in [0.15, 0.2) is 18.2 Å². The number of benzene rings is 1. The number of ketones is 1. The van der Waals surface area contributed by atoms with Crippen LogP contribution in [0.4, 0.5) is 8.78 Å². The van der Waals surface area contributed by atoms with E-state index < -0.39 is 17.2 Å². The Hall–Kier alpha value is -1.33. The van der Waals surface area contributed by atoms with Gasteiger partial charge in [-0.05, 0) is 25.5 Å². The zero-order chi connectivity index (χ0) is 14.8. The van der Waals surface area contributed by atoms with Crippen LogP contribution in [0.5, 0.6) is 0 Å². The van der Waals surface area contributed by atoms with Crippen LogP contribution in [0.25, 0.3) is 0 Å². The topological polar surface area (TPSA) is 29.5 Å². The number of nitrogens with zero attached hydrogens (tertiary/aromatic N) is 1. The summed E-state index contributed by atoms with van der Waals surface area (Å²) < 4.78 is 32.1. The third-order valence-electron chi connectivity index (χ3n) is 3.87. The zero-order valence-electron chi connectivity index (χ0n) is 11.8. The van der Waals surface area contributed by atoms with Crippen LogP contribution in [0.1, 0.15) is 19.4 Å². The van der Waals surface area contributed by atoms with Gasteiger partial charge in [-0.1, -0.05) is 12.1 Å². The van der Waals surface area contributed by atoms with Crippen molar-refractivity contribution in [2.24, 2.45) is 0 Å². The summed E-state index contributed by atoms with van der Waals surface area (Å²) in [6.07, 6.45) is -0.103. The fourth-order valence-electron chi connectivity index (χ4n) is 2.37. The van der Waals surface area contributed by atoms with Gasteiger partial charge in [0.05, 0.1) is 18.8 Å². The van der Waals surface area contributed by atoms with Gasteiger partial charge in [-0.3, -0.25) is 9.69 Å². The monoisotopic (exact) mass is 283 g/mol. The van der Waals surface area contributed by atoms with Gasteiger partial charge in [-0.25, -0.2) is 8.78 Å². The van der Waals surface area contributed by atoms with E-state index in [4.69, 9.17) is 4.74 Å². The minimum Gasteiger partial charge on any atom is -0.379 e. The maximum atomic E-state index is 13.6. The Labute approximate surface area is 117 Å². The molecule has 2 rings (SSSR count). The third-order valence-corrected chi connectivity index (χ3v) is 3.87. The number of Topliss-reactive ketones (excluding diaryl/α,β-unsaturated/α-hetero) is 1. The Morgan fingerprint density at radius 1 is 1.30 bits per heavy atom. The molecule has 110 valence electrons. The molecule has 0 amide bonds. The average molecular weight is 283 g/mol. The third kappa shape index (κ3) is 3.04. The van der Waals surface area contributed by atoms with Gasteiger partial charge in [0.15, 0.2) is 17.4 Å². The van der Waals surface area contributed by atoms with E-state index in [2.05, 4.69) is 0 Å². The van der Waals surface area contributed by atoms with Crippen molar-refractivity contribution in [2.45, 2.75) is 25.8 Å². The minimum atomic E-state index is -0.932. The number of hydrogen-bond donors (Lipinski definition) is 0. The summed E-state index contributed by atoms with van der Waals surface area (Å²) in [7, 11) is 0. The lowest BCUT2D eigenvalue weighted by molar-refractivity contribution is -0.131. The Balaban J connectivity index is 2.12. The van der Waals surface area contributed by atoms with Gasteiger partial charge >= 0.3 is 0 Å². The van der Waals surface area contributed by atoms with Crippen LogP contribution in [-0.2, 0) is 16.0 Å². The molecule has 0 N–H and O–H groups in total. The number of carbonyl (C=O) groups is 1. The summed E-state index contributed by atoms with van der Waals surface area (Å²) in [5, 5.41) is 0. The molecule has 1 aromatic rings. The van der Waals surface area contributed by atoms with Gasteiger partial charge in [0.1, 0.15) is 0 Å². The van der Waals surface area contributed by atoms with Crippen molar-refractivity contribution in [3.63, 3.8) is 0 Å². The highest BCUT2D eigenvalue weighted by molar-refractivity contribution is 5.89. The largest absolute Gasteiger partial charge is 0.379 e. The molecule has 5 heteroatoms. The SMILES string of the molecule is CC(C)(C(=O)Cc1cccc(F)c1F)N1CCOCC1. The van der Waals surface area contributed by atoms with Crippen molar-refractivity contribution in [3.05, 3.63) is 35.4 Å². The van der Waals surface area contributed by atoms with Gasteiger partial charge in [0.25, 0.3) is 0 Å². The number of halogens is 2. The normalized spacial score (nSPS) is 17.2. The highest BCUT2D eigenvalue weighted by Gasteiger charge is 2.35. The van der Waals surface area contributed by atoms with Crippen LogP contribution in [0.2, 0.25) is 0 Å². The fourth-order valence-corrected chi connectivity index (χ4v) is 2.37. The van der Waals surface area contributed by atoms with Gasteiger partial charge in [-0.15, -0.1) is 0 Å². The van der Waals surface area contributed by atoms with Crippen molar-refractivity contribution in [2.75, 3.05) is 26.3 Å². The average Bonchev–Trinajstić information content (AvgIpc) is 2.44. The number of hydrogen-bond acceptors (Lipinski definition) is 3. The van der Waals surface area contributed by atoms with E-state index >= 15 is 0 Å². The quantitative estimate of drug-likeness (QED) is 0.848. The molecule has 0 unspecified atom stereocenters. The van der Waals surface area contributed by atoms with E-state index in [9.17, 15) is 13.6 Å². The molecular formula is C15H19F2NO2. The first-order valence-electron chi connectivity index (χ1n) is 6.72. The Morgan fingerprint density at radius 2 is 1.95 bits per heavy atom. The molecule has 0 spiro atoms. The van der Waals surface area contributed by atoms with Gasteiger partial charge in [0, 0.05) is 19.5 Å². The van der Waals surface area contributed by atoms with Crippen molar-refractivity contribution >= 4 is 5.78 Å². The molecule has 0 aliphatic carbocycles. The van der Waals surface area contributed by atoms with Crippen LogP contribution >= 0.6 is 0 Å². The Kier molecular flexibility index (Phi) is 4.50. The predicted octanol–water partition coefficient (Wildman–Crippen LogP) is 2.19. The van der Waals surface area contributed by atoms with E-state index in [-0.39, 0.29) is 17.8 Å². The molecule has 0 bridgehead atoms. The van der Waals surface area contributed by atoms with E-state index in [1.54, 1.807) is 0 Å². The highest BCUT2D eigenvalue weighted by Crippen LogP contribution is 2.21. The summed E-state index contributed by atoms with van der Waals surface area (Å²) in [5.41, 5.74) is -0.598. The van der Waals surface area contributed by atoms with Crippen LogP contribution in [0.3, 0.4) is 0 Å². The summed E-state index contributed by atoms with van der Waals surface area (Å²) in [5.74, 6) is -1.97. The summed E-state index contributed by atoms with van der Waals surface area (Å²) in [4.78, 5) is 14.4. The second-order valence-electron chi connectivity index (χ2n) is 5.47. The maximum Gasteiger partial charge on any atom is 0.162 e. The van der Waals surface area contributed by atoms with E-state index in [1.165, 1.54) is 12.1 Å². The lowest BCUT2D eigenvalue weighted by Gasteiger charge is -2.39. The summed E-state index contributed by atoms with van der Waals surface area (Å²) >= 11 is 0. The second-order valence-corrected chi connectivity index (χ2v) is 5.47. The molecule has 1 aliphatic rings. The summed E-state index contributed by atoms with van der Waals surface area (Å²) in [6.45, 7) is 6.15. The van der Waals surface area contributed by atoms with Crippen molar-refractivity contribution < 1.29 is 18.3 Å². The first kappa shape index (κ1) is 15.1. The van der Waals surface area contributed by atoms with Gasteiger partial charge < -0.3 is 4.74 Å². The molecule has 1 fully saturated rings. The van der Waals surface area contributed by atoms with Crippen LogP contribution in [-0.4, -0.2) is 42.5 Å². The maximum absolute atomic E-state index is 13.6. The lowest BCUT2D eigenvalue weighted by atomic mass is 9.91. The van der Waals surface area contributed by atoms with Crippen molar-refractivity contribution in [3.8, 4) is 0 Å². The van der Waals surface area contributed by atoms with E-state index in [0.29, 0.717) is 26.3 Å². The first-order chi connectivity index (χ1) is 9.43. The molecular weight excluding hydrogens is 264 g/mol. The molecule has 0 saturated carbocycles. The Bertz CT molecular complexity index is 497. The number of rotatable bonds is 4. The number of ether oxygens (including phenoxy) is 1. The second kappa shape index (κ2) is 5.97. The van der Waals surface area contributed by atoms with Crippen LogP contribution in [0, 0.1) is 11.6 Å². The van der Waals surface area contributed by atoms with Gasteiger partial charge in [-0.2, -0.15) is 0 Å². The molecule has 1 aromatic carbocycles. The molecule has 1 heterocycles. The predicted molar refractivity (Wildman–Crippen MR) is 71.5 cm³/mol. The molecule has 20 heavy (non-hydrogen) atoms. The van der Waals surface area contributed by atoms with Gasteiger partial charge in [0.2, 0.25) is 0 Å². The standard InChI is InChI=1S/C15H19F2NO2/c1-15(2,18-6-8-20-9-7-18)13(19)10-11-4-3-5-12(16)14(11)17/h3-5H,6-10H2,1-2H3. The molecule has 1 saturated heterocycles. The molecule has 3 nitrogen and oxygen atoms in total. The molecule has 0 atom stereocenters. The smallest absolute Gasteiger partial charge is 0.162 e. The molecule has 0 aromatic heterocycles. The molecule has 1 aliphatic heterocycles. The lowest BCUT2D eigenvalue weighted by Crippen LogP contribution is -2.54. The minimum absolute atomic E-state index is 0.103. The highest BCUT2D eigenvalue weighted by atomic mass is 19.2. The van der Waals surface area contributed by atoms with E-state index in [1.807, 2.05) is 18.7 Å². The fraction of sp³-hybridized carbons (Fsp3) is 0.533. The van der Waals surface area contributed by atoms with E-state index in [0.717, 1.165) is 6.07 Å². The molecule has 0 radical (unpaired) electrons. The number of morpholine rings is 1.